The molecule has 1 aliphatic heterocycles. The molecule has 0 aromatic rings. The average molecular weight is 240 g/mol. The van der Waals surface area contributed by atoms with E-state index < -0.39 is 5.97 Å². The molecule has 2 aliphatic rings. The third-order valence-corrected chi connectivity index (χ3v) is 3.68. The van der Waals surface area contributed by atoms with Crippen molar-refractivity contribution in [2.75, 3.05) is 13.1 Å². The van der Waals surface area contributed by atoms with Gasteiger partial charge in [0, 0.05) is 25.0 Å². The largest absolute Gasteiger partial charge is 0.481 e. The Morgan fingerprint density at radius 1 is 1.47 bits per heavy atom. The molecule has 1 saturated carbocycles. The molecule has 2 N–H and O–H groups in total. The van der Waals surface area contributed by atoms with Crippen LogP contribution in [0, 0.1) is 5.92 Å². The van der Waals surface area contributed by atoms with Crippen molar-refractivity contribution in [1.29, 1.82) is 0 Å². The van der Waals surface area contributed by atoms with E-state index in [1.807, 2.05) is 6.92 Å². The summed E-state index contributed by atoms with van der Waals surface area (Å²) in [6.07, 6.45) is 4.08. The van der Waals surface area contributed by atoms with Gasteiger partial charge in [-0.15, -0.1) is 0 Å². The summed E-state index contributed by atoms with van der Waals surface area (Å²) in [5.74, 6) is -0.662. The number of amides is 2. The topological polar surface area (TPSA) is 69.6 Å². The molecule has 17 heavy (non-hydrogen) atoms. The van der Waals surface area contributed by atoms with Crippen molar-refractivity contribution in [3.63, 3.8) is 0 Å². The second-order valence-electron chi connectivity index (χ2n) is 5.54. The standard InChI is InChI=1S/C12H20N2O3/c1-12(4-5-12)13-11(17)14-6-2-3-9(8-14)7-10(15)16/h9H,2-8H2,1H3,(H,13,17)(H,15,16). The molecule has 0 spiro atoms. The number of aliphatic carboxylic acids is 1. The molecule has 0 radical (unpaired) electrons. The Morgan fingerprint density at radius 2 is 2.18 bits per heavy atom. The molecular formula is C12H20N2O3. The van der Waals surface area contributed by atoms with E-state index in [-0.39, 0.29) is 23.9 Å². The van der Waals surface area contributed by atoms with Crippen LogP contribution in [0.15, 0.2) is 0 Å². The van der Waals surface area contributed by atoms with E-state index in [1.54, 1.807) is 4.90 Å². The lowest BCUT2D eigenvalue weighted by Gasteiger charge is -2.33. The highest BCUT2D eigenvalue weighted by molar-refractivity contribution is 5.75. The number of likely N-dealkylation sites (tertiary alicyclic amines) is 1. The number of rotatable bonds is 3. The molecule has 0 aromatic carbocycles. The number of piperidine rings is 1. The van der Waals surface area contributed by atoms with Gasteiger partial charge in [-0.1, -0.05) is 0 Å². The minimum absolute atomic E-state index is 0.00315. The zero-order chi connectivity index (χ0) is 12.5. The number of nitrogens with one attached hydrogen (secondary N) is 1. The van der Waals surface area contributed by atoms with Crippen LogP contribution in [-0.2, 0) is 4.79 Å². The van der Waals surface area contributed by atoms with Crippen molar-refractivity contribution < 1.29 is 14.7 Å². The van der Waals surface area contributed by atoms with Crippen molar-refractivity contribution in [1.82, 2.24) is 10.2 Å². The highest BCUT2D eigenvalue weighted by Gasteiger charge is 2.40. The summed E-state index contributed by atoms with van der Waals surface area (Å²) in [7, 11) is 0. The molecule has 1 atom stereocenters. The Hall–Kier alpha value is -1.26. The molecular weight excluding hydrogens is 220 g/mol. The Labute approximate surface area is 101 Å². The number of hydrogen-bond acceptors (Lipinski definition) is 2. The monoisotopic (exact) mass is 240 g/mol. The van der Waals surface area contributed by atoms with Crippen LogP contribution in [0.3, 0.4) is 0 Å². The molecule has 1 unspecified atom stereocenters. The molecule has 2 rings (SSSR count). The zero-order valence-electron chi connectivity index (χ0n) is 10.2. The minimum Gasteiger partial charge on any atom is -0.481 e. The summed E-state index contributed by atoms with van der Waals surface area (Å²) in [6, 6.07) is -0.0277. The van der Waals surface area contributed by atoms with E-state index in [0.717, 1.165) is 32.2 Å². The molecule has 0 aromatic heterocycles. The van der Waals surface area contributed by atoms with Crippen molar-refractivity contribution in [2.45, 2.75) is 44.6 Å². The van der Waals surface area contributed by atoms with E-state index in [4.69, 9.17) is 5.11 Å². The van der Waals surface area contributed by atoms with Gasteiger partial charge in [0.05, 0.1) is 0 Å². The minimum atomic E-state index is -0.772. The van der Waals surface area contributed by atoms with Crippen LogP contribution in [-0.4, -0.2) is 40.6 Å². The summed E-state index contributed by atoms with van der Waals surface area (Å²) in [6.45, 7) is 3.37. The van der Waals surface area contributed by atoms with E-state index >= 15 is 0 Å². The van der Waals surface area contributed by atoms with Gasteiger partial charge >= 0.3 is 12.0 Å². The van der Waals surface area contributed by atoms with Gasteiger partial charge in [-0.3, -0.25) is 4.79 Å². The molecule has 2 amide bonds. The van der Waals surface area contributed by atoms with Crippen LogP contribution in [0.2, 0.25) is 0 Å². The molecule has 5 heteroatoms. The van der Waals surface area contributed by atoms with Crippen molar-refractivity contribution in [3.05, 3.63) is 0 Å². The van der Waals surface area contributed by atoms with Crippen LogP contribution >= 0.6 is 0 Å². The fourth-order valence-corrected chi connectivity index (χ4v) is 2.31. The van der Waals surface area contributed by atoms with Gasteiger partial charge in [-0.25, -0.2) is 4.79 Å². The van der Waals surface area contributed by atoms with E-state index in [0.29, 0.717) is 6.54 Å². The molecule has 1 heterocycles. The quantitative estimate of drug-likeness (QED) is 0.784. The lowest BCUT2D eigenvalue weighted by molar-refractivity contribution is -0.138. The number of hydrogen-bond donors (Lipinski definition) is 2. The van der Waals surface area contributed by atoms with Gasteiger partial charge in [-0.2, -0.15) is 0 Å². The van der Waals surface area contributed by atoms with Crippen LogP contribution in [0.5, 0.6) is 0 Å². The van der Waals surface area contributed by atoms with Crippen molar-refractivity contribution >= 4 is 12.0 Å². The van der Waals surface area contributed by atoms with E-state index in [1.165, 1.54) is 0 Å². The van der Waals surface area contributed by atoms with Gasteiger partial charge < -0.3 is 15.3 Å². The number of carboxylic acid groups (broad SMARTS) is 1. The smallest absolute Gasteiger partial charge is 0.317 e. The lowest BCUT2D eigenvalue weighted by Crippen LogP contribution is -2.49. The van der Waals surface area contributed by atoms with Crippen molar-refractivity contribution in [2.24, 2.45) is 5.92 Å². The predicted molar refractivity (Wildman–Crippen MR) is 62.7 cm³/mol. The number of carbonyl (C=O) groups is 2. The van der Waals surface area contributed by atoms with E-state index in [9.17, 15) is 9.59 Å². The first-order valence-electron chi connectivity index (χ1n) is 6.27. The maximum absolute atomic E-state index is 12.0. The molecule has 2 fully saturated rings. The second-order valence-corrected chi connectivity index (χ2v) is 5.54. The maximum Gasteiger partial charge on any atom is 0.317 e. The number of nitrogens with zero attached hydrogens (tertiary/aromatic N) is 1. The number of carboxylic acids is 1. The Bertz CT molecular complexity index is 326. The third kappa shape index (κ3) is 3.35. The first-order chi connectivity index (χ1) is 7.98. The molecule has 1 saturated heterocycles. The fraction of sp³-hybridized carbons (Fsp3) is 0.833. The van der Waals surface area contributed by atoms with Gasteiger partial charge in [-0.05, 0) is 38.5 Å². The SMILES string of the molecule is CC1(NC(=O)N2CCCC(CC(=O)O)C2)CC1. The molecule has 0 bridgehead atoms. The van der Waals surface area contributed by atoms with Crippen LogP contribution < -0.4 is 5.32 Å². The van der Waals surface area contributed by atoms with Gasteiger partial charge in [0.1, 0.15) is 0 Å². The van der Waals surface area contributed by atoms with Gasteiger partial charge in [0.2, 0.25) is 0 Å². The average Bonchev–Trinajstić information content (AvgIpc) is 2.95. The Balaban J connectivity index is 1.83. The van der Waals surface area contributed by atoms with Gasteiger partial charge in [0.15, 0.2) is 0 Å². The predicted octanol–water partition coefficient (Wildman–Crippen LogP) is 1.44. The normalized spacial score (nSPS) is 26.4. The third-order valence-electron chi connectivity index (χ3n) is 3.68. The zero-order valence-corrected chi connectivity index (χ0v) is 10.2. The summed E-state index contributed by atoms with van der Waals surface area (Å²) < 4.78 is 0. The van der Waals surface area contributed by atoms with Gasteiger partial charge in [0.25, 0.3) is 0 Å². The van der Waals surface area contributed by atoms with Crippen LogP contribution in [0.4, 0.5) is 4.79 Å². The fourth-order valence-electron chi connectivity index (χ4n) is 2.31. The Morgan fingerprint density at radius 3 is 2.76 bits per heavy atom. The Kier molecular flexibility index (Phi) is 3.26. The first kappa shape index (κ1) is 12.2. The summed E-state index contributed by atoms with van der Waals surface area (Å²) in [5, 5.41) is 11.8. The summed E-state index contributed by atoms with van der Waals surface area (Å²) in [4.78, 5) is 24.4. The van der Waals surface area contributed by atoms with Crippen molar-refractivity contribution in [3.8, 4) is 0 Å². The molecule has 1 aliphatic carbocycles. The van der Waals surface area contributed by atoms with Crippen LogP contribution in [0.1, 0.15) is 39.0 Å². The maximum atomic E-state index is 12.0. The number of carbonyl (C=O) groups excluding carboxylic acids is 1. The summed E-state index contributed by atoms with van der Waals surface area (Å²) in [5.41, 5.74) is -0.00315. The highest BCUT2D eigenvalue weighted by atomic mass is 16.4. The van der Waals surface area contributed by atoms with E-state index in [2.05, 4.69) is 5.32 Å². The highest BCUT2D eigenvalue weighted by Crippen LogP contribution is 2.34. The second kappa shape index (κ2) is 4.55. The molecule has 96 valence electrons. The van der Waals surface area contributed by atoms with Crippen LogP contribution in [0.25, 0.3) is 0 Å². The molecule has 5 nitrogen and oxygen atoms in total. The lowest BCUT2D eigenvalue weighted by atomic mass is 9.95. The summed E-state index contributed by atoms with van der Waals surface area (Å²) >= 11 is 0. The first-order valence-corrected chi connectivity index (χ1v) is 6.27. The number of urea groups is 1.